The first-order valence-corrected chi connectivity index (χ1v) is 12.1. The number of methoxy groups -OCH3 is 1. The van der Waals surface area contributed by atoms with Gasteiger partial charge in [-0.3, -0.25) is 4.79 Å². The van der Waals surface area contributed by atoms with E-state index >= 15 is 0 Å². The Morgan fingerprint density at radius 3 is 2.56 bits per heavy atom. The largest absolute Gasteiger partial charge is 0.495 e. The topological polar surface area (TPSA) is 63.5 Å². The summed E-state index contributed by atoms with van der Waals surface area (Å²) in [5.74, 6) is 0.387. The van der Waals surface area contributed by atoms with E-state index in [0.29, 0.717) is 43.4 Å². The number of thiazole rings is 1. The highest BCUT2D eigenvalue weighted by Crippen LogP contribution is 2.33. The lowest BCUT2D eigenvalue weighted by atomic mass is 10.1. The second-order valence-corrected chi connectivity index (χ2v) is 9.52. The van der Waals surface area contributed by atoms with Gasteiger partial charge in [0.05, 0.1) is 34.6 Å². The van der Waals surface area contributed by atoms with Gasteiger partial charge in [-0.05, 0) is 48.9 Å². The Morgan fingerprint density at radius 1 is 1.15 bits per heavy atom. The van der Waals surface area contributed by atoms with Crippen molar-refractivity contribution in [2.24, 2.45) is 0 Å². The molecule has 0 aliphatic carbocycles. The van der Waals surface area contributed by atoms with Gasteiger partial charge in [-0.25, -0.2) is 9.07 Å². The summed E-state index contributed by atoms with van der Waals surface area (Å²) in [7, 11) is 1.57. The van der Waals surface area contributed by atoms with Crippen LogP contribution in [0.2, 0.25) is 5.02 Å². The Bertz CT molecular complexity index is 1350. The fourth-order valence-electron chi connectivity index (χ4n) is 4.07. The minimum atomic E-state index is -0.287. The molecule has 1 saturated heterocycles. The van der Waals surface area contributed by atoms with E-state index in [0.717, 1.165) is 32.4 Å². The molecule has 0 N–H and O–H groups in total. The van der Waals surface area contributed by atoms with Crippen LogP contribution in [0.1, 0.15) is 11.3 Å². The number of carbonyl (C=O) groups is 1. The summed E-state index contributed by atoms with van der Waals surface area (Å²) < 4.78 is 21.3. The highest BCUT2D eigenvalue weighted by Gasteiger charge is 2.25. The number of aryl methyl sites for hydroxylation is 1. The van der Waals surface area contributed by atoms with Crippen molar-refractivity contribution >= 4 is 44.3 Å². The maximum absolute atomic E-state index is 13.3. The van der Waals surface area contributed by atoms with Crippen molar-refractivity contribution in [1.29, 1.82) is 0 Å². The number of benzene rings is 2. The molecule has 2 aromatic heterocycles. The molecule has 5 rings (SSSR count). The monoisotopic (exact) mass is 499 g/mol. The summed E-state index contributed by atoms with van der Waals surface area (Å²) in [6.07, 6.45) is 0.303. The zero-order valence-corrected chi connectivity index (χ0v) is 20.4. The lowest BCUT2D eigenvalue weighted by Crippen LogP contribution is -2.49. The van der Waals surface area contributed by atoms with Crippen LogP contribution >= 0.6 is 22.9 Å². The van der Waals surface area contributed by atoms with Crippen LogP contribution in [-0.4, -0.2) is 58.9 Å². The molecule has 0 atom stereocenters. The van der Waals surface area contributed by atoms with Gasteiger partial charge in [0.1, 0.15) is 11.6 Å². The maximum Gasteiger partial charge on any atom is 0.227 e. The zero-order chi connectivity index (χ0) is 23.8. The van der Waals surface area contributed by atoms with E-state index in [1.807, 2.05) is 17.9 Å². The first kappa shape index (κ1) is 22.6. The highest BCUT2D eigenvalue weighted by molar-refractivity contribution is 7.22. The van der Waals surface area contributed by atoms with E-state index in [2.05, 4.69) is 10.00 Å². The van der Waals surface area contributed by atoms with Gasteiger partial charge < -0.3 is 14.5 Å². The number of carbonyl (C=O) groups excluding carboxylic acids is 1. The molecule has 10 heteroatoms. The molecule has 2 aromatic carbocycles. The normalized spacial score (nSPS) is 14.1. The average molecular weight is 500 g/mol. The summed E-state index contributed by atoms with van der Waals surface area (Å²) in [6.45, 7) is 4.61. The predicted molar refractivity (Wildman–Crippen MR) is 132 cm³/mol. The second kappa shape index (κ2) is 9.23. The Kier molecular flexibility index (Phi) is 6.14. The van der Waals surface area contributed by atoms with Crippen molar-refractivity contribution in [3.05, 3.63) is 64.6 Å². The third-order valence-electron chi connectivity index (χ3n) is 5.92. The van der Waals surface area contributed by atoms with Gasteiger partial charge in [0, 0.05) is 26.2 Å². The Hall–Kier alpha value is -3.17. The van der Waals surface area contributed by atoms with Crippen molar-refractivity contribution in [2.75, 3.05) is 38.2 Å². The number of anilines is 1. The molecule has 0 radical (unpaired) electrons. The minimum absolute atomic E-state index is 0.0768. The van der Waals surface area contributed by atoms with Crippen LogP contribution in [0.3, 0.4) is 0 Å². The Balaban J connectivity index is 1.27. The van der Waals surface area contributed by atoms with E-state index in [1.54, 1.807) is 47.4 Å². The maximum atomic E-state index is 13.3. The van der Waals surface area contributed by atoms with Gasteiger partial charge in [-0.1, -0.05) is 29.0 Å². The zero-order valence-electron chi connectivity index (χ0n) is 18.8. The molecule has 0 spiro atoms. The molecule has 7 nitrogen and oxygen atoms in total. The predicted octanol–water partition coefficient (Wildman–Crippen LogP) is 4.48. The smallest absolute Gasteiger partial charge is 0.227 e. The van der Waals surface area contributed by atoms with Gasteiger partial charge in [0.25, 0.3) is 0 Å². The molecule has 176 valence electrons. The number of fused-ring (bicyclic) bond motifs is 1. The van der Waals surface area contributed by atoms with Gasteiger partial charge in [0.2, 0.25) is 5.91 Å². The molecule has 1 aliphatic heterocycles. The lowest BCUT2D eigenvalue weighted by Gasteiger charge is -2.34. The molecular weight excluding hydrogens is 477 g/mol. The van der Waals surface area contributed by atoms with Crippen LogP contribution in [0, 0.1) is 12.7 Å². The van der Waals surface area contributed by atoms with Crippen molar-refractivity contribution in [2.45, 2.75) is 13.3 Å². The second-order valence-electron chi connectivity index (χ2n) is 8.14. The van der Waals surface area contributed by atoms with E-state index in [9.17, 15) is 9.18 Å². The van der Waals surface area contributed by atoms with Crippen LogP contribution in [0.15, 0.2) is 42.5 Å². The molecule has 1 aliphatic rings. The number of amides is 1. The average Bonchev–Trinajstić information content (AvgIpc) is 3.40. The molecule has 0 bridgehead atoms. The molecule has 1 amide bonds. The van der Waals surface area contributed by atoms with Crippen LogP contribution in [0.5, 0.6) is 5.75 Å². The third kappa shape index (κ3) is 4.33. The van der Waals surface area contributed by atoms with Crippen LogP contribution in [-0.2, 0) is 11.2 Å². The lowest BCUT2D eigenvalue weighted by molar-refractivity contribution is -0.130. The summed E-state index contributed by atoms with van der Waals surface area (Å²) in [4.78, 5) is 21.8. The van der Waals surface area contributed by atoms with Crippen LogP contribution < -0.4 is 9.64 Å². The number of nitrogens with zero attached hydrogens (tertiary/aromatic N) is 5. The number of hydrogen-bond acceptors (Lipinski definition) is 6. The van der Waals surface area contributed by atoms with Crippen molar-refractivity contribution in [1.82, 2.24) is 19.7 Å². The SMILES string of the molecule is COc1ccc(CC(=O)N2CCN(c3nc4c(s3)c(C)nn4-c3ccc(F)cc3)CC2)cc1Cl. The van der Waals surface area contributed by atoms with E-state index < -0.39 is 0 Å². The molecule has 0 saturated carbocycles. The molecule has 4 aromatic rings. The van der Waals surface area contributed by atoms with E-state index in [4.69, 9.17) is 21.3 Å². The van der Waals surface area contributed by atoms with Crippen molar-refractivity contribution in [3.63, 3.8) is 0 Å². The quantitative estimate of drug-likeness (QED) is 0.405. The summed E-state index contributed by atoms with van der Waals surface area (Å²) in [5, 5.41) is 5.99. The number of hydrogen-bond donors (Lipinski definition) is 0. The van der Waals surface area contributed by atoms with Crippen molar-refractivity contribution in [3.8, 4) is 11.4 Å². The summed E-state index contributed by atoms with van der Waals surface area (Å²) in [5.41, 5.74) is 3.28. The Morgan fingerprint density at radius 2 is 1.88 bits per heavy atom. The molecular formula is C24H23ClFN5O2S. The molecule has 0 unspecified atom stereocenters. The first-order valence-electron chi connectivity index (χ1n) is 10.9. The summed E-state index contributed by atoms with van der Waals surface area (Å²) >= 11 is 7.79. The first-order chi connectivity index (χ1) is 16.4. The van der Waals surface area contributed by atoms with Gasteiger partial charge >= 0.3 is 0 Å². The molecule has 1 fully saturated rings. The minimum Gasteiger partial charge on any atom is -0.495 e. The number of piperazine rings is 1. The number of aromatic nitrogens is 3. The number of rotatable bonds is 5. The number of halogens is 2. The molecule has 34 heavy (non-hydrogen) atoms. The molecule has 3 heterocycles. The summed E-state index contributed by atoms with van der Waals surface area (Å²) in [6, 6.07) is 11.7. The third-order valence-corrected chi connectivity index (χ3v) is 7.43. The fourth-order valence-corrected chi connectivity index (χ4v) is 5.39. The van der Waals surface area contributed by atoms with E-state index in [-0.39, 0.29) is 11.7 Å². The van der Waals surface area contributed by atoms with Gasteiger partial charge in [-0.15, -0.1) is 0 Å². The van der Waals surface area contributed by atoms with E-state index in [1.165, 1.54) is 12.1 Å². The highest BCUT2D eigenvalue weighted by atomic mass is 35.5. The van der Waals surface area contributed by atoms with Crippen LogP contribution in [0.25, 0.3) is 16.0 Å². The number of ether oxygens (including phenoxy) is 1. The Labute approximate surface area is 205 Å². The van der Waals surface area contributed by atoms with Gasteiger partial charge in [-0.2, -0.15) is 10.1 Å². The standard InChI is InChI=1S/C24H23ClFN5O2S/c1-15-22-23(31(28-15)18-6-4-17(26)5-7-18)27-24(34-22)30-11-9-29(10-12-30)21(32)14-16-3-8-20(33-2)19(25)13-16/h3-8,13H,9-12,14H2,1-2H3. The van der Waals surface area contributed by atoms with Crippen molar-refractivity contribution < 1.29 is 13.9 Å². The fraction of sp³-hybridized carbons (Fsp3) is 0.292. The van der Waals surface area contributed by atoms with Gasteiger partial charge in [0.15, 0.2) is 10.8 Å². The van der Waals surface area contributed by atoms with Crippen LogP contribution in [0.4, 0.5) is 9.52 Å².